The zero-order valence-electron chi connectivity index (χ0n) is 18.3. The first-order valence-corrected chi connectivity index (χ1v) is 11.3. The van der Waals surface area contributed by atoms with Gasteiger partial charge in [-0.05, 0) is 40.6 Å². The highest BCUT2D eigenvalue weighted by Crippen LogP contribution is 2.35. The van der Waals surface area contributed by atoms with E-state index in [9.17, 15) is 14.9 Å². The lowest BCUT2D eigenvalue weighted by Gasteiger charge is -2.10. The Morgan fingerprint density at radius 3 is 2.47 bits per heavy atom. The minimum absolute atomic E-state index is 0.182. The Morgan fingerprint density at radius 1 is 1.03 bits per heavy atom. The number of ether oxygens (including phenoxy) is 2. The lowest BCUT2D eigenvalue weighted by atomic mass is 10.0. The highest BCUT2D eigenvalue weighted by molar-refractivity contribution is 8.26. The monoisotopic (exact) mass is 486 g/mol. The number of fused-ring (bicyclic) bond motifs is 1. The largest absolute Gasteiger partial charge is 0.493 e. The van der Waals surface area contributed by atoms with Gasteiger partial charge in [0.1, 0.15) is 11.6 Å². The third-order valence-corrected chi connectivity index (χ3v) is 6.49. The van der Waals surface area contributed by atoms with E-state index in [0.717, 1.165) is 33.0 Å². The Bertz CT molecular complexity index is 1440. The highest BCUT2D eigenvalue weighted by Gasteiger charge is 2.32. The average Bonchev–Trinajstić information content (AvgIpc) is 3.13. The minimum Gasteiger partial charge on any atom is -0.493 e. The molecule has 6 nitrogen and oxygen atoms in total. The number of hydrogen-bond acceptors (Lipinski definition) is 7. The number of rotatable bonds is 6. The van der Waals surface area contributed by atoms with E-state index in [1.807, 2.05) is 36.4 Å². The van der Waals surface area contributed by atoms with Gasteiger partial charge < -0.3 is 9.47 Å². The standard InChI is InChI=1S/C26H18N2O4S2/c1-31-21-10-7-16(11-22(21)32-2)12-23-25(30)28(26(33)34-23)15-20(14-27)24(29)19-9-8-17-5-3-4-6-18(17)13-19/h3-13,15H,1-2H3/b20-15+,23-12+. The number of carbonyl (C=O) groups excluding carboxylic acids is 2. The van der Waals surface area contributed by atoms with Gasteiger partial charge in [0.25, 0.3) is 5.91 Å². The lowest BCUT2D eigenvalue weighted by Crippen LogP contribution is -2.23. The topological polar surface area (TPSA) is 79.6 Å². The van der Waals surface area contributed by atoms with Crippen molar-refractivity contribution in [2.75, 3.05) is 14.2 Å². The fraction of sp³-hybridized carbons (Fsp3) is 0.0769. The van der Waals surface area contributed by atoms with Gasteiger partial charge in [-0.15, -0.1) is 0 Å². The molecule has 0 aliphatic carbocycles. The molecule has 0 N–H and O–H groups in total. The molecular weight excluding hydrogens is 468 g/mol. The molecule has 0 spiro atoms. The summed E-state index contributed by atoms with van der Waals surface area (Å²) in [5.74, 6) is 0.204. The van der Waals surface area contributed by atoms with Gasteiger partial charge in [-0.2, -0.15) is 5.26 Å². The summed E-state index contributed by atoms with van der Waals surface area (Å²) in [6, 6.07) is 20.0. The molecule has 0 unspecified atom stereocenters. The van der Waals surface area contributed by atoms with Gasteiger partial charge in [-0.1, -0.05) is 66.4 Å². The molecule has 1 heterocycles. The number of hydrogen-bond donors (Lipinski definition) is 0. The van der Waals surface area contributed by atoms with Gasteiger partial charge in [-0.25, -0.2) is 0 Å². The second kappa shape index (κ2) is 9.91. The number of methoxy groups -OCH3 is 2. The smallest absolute Gasteiger partial charge is 0.270 e. The van der Waals surface area contributed by atoms with Crippen molar-refractivity contribution in [1.82, 2.24) is 4.90 Å². The zero-order valence-corrected chi connectivity index (χ0v) is 19.9. The van der Waals surface area contributed by atoms with Crippen molar-refractivity contribution < 1.29 is 19.1 Å². The molecule has 4 rings (SSSR count). The fourth-order valence-corrected chi connectivity index (χ4v) is 4.65. The minimum atomic E-state index is -0.480. The Balaban J connectivity index is 1.62. The summed E-state index contributed by atoms with van der Waals surface area (Å²) in [6.07, 6.45) is 2.89. The number of Topliss-reactive ketones (excluding diaryl/α,β-unsaturated/α-hetero) is 1. The van der Waals surface area contributed by atoms with Crippen LogP contribution in [0.15, 0.2) is 77.3 Å². The van der Waals surface area contributed by atoms with Gasteiger partial charge in [0, 0.05) is 11.8 Å². The van der Waals surface area contributed by atoms with E-state index in [-0.39, 0.29) is 9.89 Å². The van der Waals surface area contributed by atoms with Crippen LogP contribution in [0.2, 0.25) is 0 Å². The van der Waals surface area contributed by atoms with E-state index in [4.69, 9.17) is 21.7 Å². The van der Waals surface area contributed by atoms with Crippen LogP contribution in [0.1, 0.15) is 15.9 Å². The van der Waals surface area contributed by atoms with Crippen LogP contribution >= 0.6 is 24.0 Å². The molecule has 1 fully saturated rings. The molecule has 0 aromatic heterocycles. The number of nitrogens with zero attached hydrogens (tertiary/aromatic N) is 2. The van der Waals surface area contributed by atoms with E-state index in [2.05, 4.69) is 0 Å². The first-order chi connectivity index (χ1) is 16.4. The first-order valence-electron chi connectivity index (χ1n) is 10.1. The first kappa shape index (κ1) is 23.2. The molecule has 1 amide bonds. The molecule has 0 saturated carbocycles. The van der Waals surface area contributed by atoms with E-state index >= 15 is 0 Å². The SMILES string of the molecule is COc1ccc(/C=C2/SC(=S)N(/C=C(\C#N)C(=O)c3ccc4ccccc4c3)C2=O)cc1OC. The van der Waals surface area contributed by atoms with E-state index in [1.165, 1.54) is 13.3 Å². The molecule has 0 bridgehead atoms. The van der Waals surface area contributed by atoms with Crippen molar-refractivity contribution in [3.63, 3.8) is 0 Å². The molecule has 0 radical (unpaired) electrons. The summed E-state index contributed by atoms with van der Waals surface area (Å²) in [4.78, 5) is 27.5. The molecule has 1 aliphatic rings. The summed E-state index contributed by atoms with van der Waals surface area (Å²) >= 11 is 6.44. The van der Waals surface area contributed by atoms with Crippen LogP contribution in [0.3, 0.4) is 0 Å². The van der Waals surface area contributed by atoms with Crippen LogP contribution in [-0.2, 0) is 4.79 Å². The lowest BCUT2D eigenvalue weighted by molar-refractivity contribution is -0.120. The van der Waals surface area contributed by atoms with Crippen molar-refractivity contribution in [1.29, 1.82) is 5.26 Å². The molecule has 34 heavy (non-hydrogen) atoms. The van der Waals surface area contributed by atoms with Gasteiger partial charge in [0.05, 0.1) is 19.1 Å². The molecule has 168 valence electrons. The highest BCUT2D eigenvalue weighted by atomic mass is 32.2. The van der Waals surface area contributed by atoms with E-state index < -0.39 is 11.7 Å². The predicted molar refractivity (Wildman–Crippen MR) is 137 cm³/mol. The number of thioether (sulfide) groups is 1. The van der Waals surface area contributed by atoms with Crippen LogP contribution in [0, 0.1) is 11.3 Å². The Kier molecular flexibility index (Phi) is 6.77. The van der Waals surface area contributed by atoms with Crippen molar-refractivity contribution in [2.24, 2.45) is 0 Å². The maximum Gasteiger partial charge on any atom is 0.270 e. The maximum absolute atomic E-state index is 13.0. The van der Waals surface area contributed by atoms with Gasteiger partial charge in [-0.3, -0.25) is 14.5 Å². The van der Waals surface area contributed by atoms with Crippen LogP contribution in [0.4, 0.5) is 0 Å². The van der Waals surface area contributed by atoms with Crippen LogP contribution in [-0.4, -0.2) is 35.1 Å². The van der Waals surface area contributed by atoms with Gasteiger partial charge in [0.15, 0.2) is 15.8 Å². The van der Waals surface area contributed by atoms with Gasteiger partial charge in [0.2, 0.25) is 5.78 Å². The summed E-state index contributed by atoms with van der Waals surface area (Å²) in [5.41, 5.74) is 0.895. The van der Waals surface area contributed by atoms with Crippen molar-refractivity contribution in [2.45, 2.75) is 0 Å². The Labute approximate surface area is 206 Å². The average molecular weight is 487 g/mol. The fourth-order valence-electron chi connectivity index (χ4n) is 3.44. The number of ketones is 1. The molecule has 8 heteroatoms. The van der Waals surface area contributed by atoms with Crippen LogP contribution in [0.25, 0.3) is 16.8 Å². The Morgan fingerprint density at radius 2 is 1.76 bits per heavy atom. The number of carbonyl (C=O) groups is 2. The third-order valence-electron chi connectivity index (χ3n) is 5.16. The zero-order chi connectivity index (χ0) is 24.2. The van der Waals surface area contributed by atoms with Gasteiger partial charge >= 0.3 is 0 Å². The molecule has 3 aromatic rings. The van der Waals surface area contributed by atoms with Crippen molar-refractivity contribution >= 4 is 56.8 Å². The summed E-state index contributed by atoms with van der Waals surface area (Å²) in [5, 5.41) is 11.5. The number of thiocarbonyl (C=S) groups is 1. The number of amides is 1. The second-order valence-electron chi connectivity index (χ2n) is 7.21. The second-order valence-corrected chi connectivity index (χ2v) is 8.89. The van der Waals surface area contributed by atoms with Crippen molar-refractivity contribution in [3.8, 4) is 17.6 Å². The molecule has 0 atom stereocenters. The molecule has 1 saturated heterocycles. The summed E-state index contributed by atoms with van der Waals surface area (Å²) in [7, 11) is 3.07. The van der Waals surface area contributed by atoms with Crippen molar-refractivity contribution in [3.05, 3.63) is 88.5 Å². The third kappa shape index (κ3) is 4.57. The molecule has 1 aliphatic heterocycles. The molecule has 3 aromatic carbocycles. The number of benzene rings is 3. The van der Waals surface area contributed by atoms with E-state index in [1.54, 1.807) is 43.5 Å². The number of nitriles is 1. The van der Waals surface area contributed by atoms with E-state index in [0.29, 0.717) is 22.0 Å². The van der Waals surface area contributed by atoms with Crippen LogP contribution in [0.5, 0.6) is 11.5 Å². The summed E-state index contributed by atoms with van der Waals surface area (Å²) in [6.45, 7) is 0. The molecular formula is C26H18N2O4S2. The normalized spacial score (nSPS) is 15.0. The van der Waals surface area contributed by atoms with Crippen LogP contribution < -0.4 is 9.47 Å². The predicted octanol–water partition coefficient (Wildman–Crippen LogP) is 5.35. The summed E-state index contributed by atoms with van der Waals surface area (Å²) < 4.78 is 10.8. The quantitative estimate of drug-likeness (QED) is 0.201. The number of allylic oxidation sites excluding steroid dienone is 1. The Hall–Kier alpha value is -3.93. The maximum atomic E-state index is 13.0.